The van der Waals surface area contributed by atoms with Crippen molar-refractivity contribution in [3.8, 4) is 16.8 Å². The summed E-state index contributed by atoms with van der Waals surface area (Å²) in [6, 6.07) is 37.8. The second-order valence-electron chi connectivity index (χ2n) is 10.4. The van der Waals surface area contributed by atoms with E-state index in [0.29, 0.717) is 0 Å². The van der Waals surface area contributed by atoms with Crippen LogP contribution in [0.5, 0.6) is 0 Å². The van der Waals surface area contributed by atoms with Crippen LogP contribution >= 0.6 is 0 Å². The van der Waals surface area contributed by atoms with Crippen molar-refractivity contribution in [3.05, 3.63) is 133 Å². The first-order valence-electron chi connectivity index (χ1n) is 12.9. The molecule has 193 valence electrons. The topological polar surface area (TPSA) is 35.1 Å². The van der Waals surface area contributed by atoms with E-state index in [1.165, 1.54) is 38.7 Å². The van der Waals surface area contributed by atoms with E-state index in [4.69, 9.17) is 4.98 Å². The van der Waals surface area contributed by atoms with Crippen molar-refractivity contribution in [2.24, 2.45) is 0 Å². The zero-order valence-electron chi connectivity index (χ0n) is 21.7. The number of para-hydroxylation sites is 1. The van der Waals surface area contributed by atoms with Crippen molar-refractivity contribution in [2.75, 3.05) is 0 Å². The Labute approximate surface area is 241 Å². The number of imidazole rings is 1. The summed E-state index contributed by atoms with van der Waals surface area (Å²) in [5, 5.41) is 7.72. The molecule has 0 saturated heterocycles. The summed E-state index contributed by atoms with van der Waals surface area (Å²) in [5.41, 5.74) is 8.60. The zero-order valence-corrected chi connectivity index (χ0v) is 24.1. The molecule has 5 heteroatoms. The van der Waals surface area contributed by atoms with Gasteiger partial charge in [0.1, 0.15) is 0 Å². The minimum absolute atomic E-state index is 0. The van der Waals surface area contributed by atoms with Crippen molar-refractivity contribution in [1.29, 1.82) is 0 Å². The summed E-state index contributed by atoms with van der Waals surface area (Å²) in [4.78, 5) is 4.80. The van der Waals surface area contributed by atoms with Crippen molar-refractivity contribution in [2.45, 2.75) is 25.7 Å². The Bertz CT molecular complexity index is 1900. The molecule has 0 unspecified atom stereocenters. The van der Waals surface area contributed by atoms with Gasteiger partial charge in [-0.3, -0.25) is 9.67 Å². The van der Waals surface area contributed by atoms with Gasteiger partial charge in [0.2, 0.25) is 0 Å². The molecule has 3 aromatic heterocycles. The second kappa shape index (κ2) is 9.92. The van der Waals surface area contributed by atoms with Crippen LogP contribution in [0, 0.1) is 12.1 Å². The molecule has 0 bridgehead atoms. The van der Waals surface area contributed by atoms with Gasteiger partial charge in [-0.25, -0.2) is 0 Å². The zero-order chi connectivity index (χ0) is 25.7. The fourth-order valence-electron chi connectivity index (χ4n) is 5.75. The van der Waals surface area contributed by atoms with Crippen LogP contribution in [0.25, 0.3) is 44.1 Å². The number of aromatic nitrogens is 4. The van der Waals surface area contributed by atoms with E-state index in [0.717, 1.165) is 23.1 Å². The third kappa shape index (κ3) is 4.19. The number of hydrogen-bond acceptors (Lipinski definition) is 2. The maximum Gasteiger partial charge on any atom is 0.0610 e. The Kier molecular flexibility index (Phi) is 6.42. The molecule has 0 fully saturated rings. The number of fused-ring (bicyclic) bond motifs is 3. The van der Waals surface area contributed by atoms with E-state index < -0.39 is 0 Å². The Morgan fingerprint density at radius 2 is 1.67 bits per heavy atom. The number of nitrogens with zero attached hydrogens (tertiary/aromatic N) is 4. The maximum atomic E-state index is 4.80. The Morgan fingerprint density at radius 3 is 2.44 bits per heavy atom. The van der Waals surface area contributed by atoms with Gasteiger partial charge in [0.15, 0.2) is 0 Å². The van der Waals surface area contributed by atoms with Crippen LogP contribution in [0.15, 0.2) is 110 Å². The van der Waals surface area contributed by atoms with Gasteiger partial charge in [-0.1, -0.05) is 61.7 Å². The maximum absolute atomic E-state index is 4.80. The molecule has 0 amide bonds. The summed E-state index contributed by atoms with van der Waals surface area (Å²) >= 11 is 0. The summed E-state index contributed by atoms with van der Waals surface area (Å²) in [5.74, 6) is 0. The molecule has 0 atom stereocenters. The molecular weight excluding hydrogens is 657 g/mol. The molecule has 0 spiro atoms. The van der Waals surface area contributed by atoms with Gasteiger partial charge in [-0.2, -0.15) is 29.4 Å². The molecule has 0 N–H and O–H groups in total. The van der Waals surface area contributed by atoms with Crippen molar-refractivity contribution < 1.29 is 20.1 Å². The molecule has 8 rings (SSSR count). The molecule has 0 saturated carbocycles. The summed E-state index contributed by atoms with van der Waals surface area (Å²) in [6.07, 6.45) is 6.70. The van der Waals surface area contributed by atoms with E-state index in [1.54, 1.807) is 10.9 Å². The predicted molar refractivity (Wildman–Crippen MR) is 154 cm³/mol. The summed E-state index contributed by atoms with van der Waals surface area (Å²) < 4.78 is 4.15. The largest absolute Gasteiger partial charge is 0.337 e. The van der Waals surface area contributed by atoms with E-state index in [-0.39, 0.29) is 25.5 Å². The number of hydrogen-bond donors (Lipinski definition) is 0. The predicted octanol–water partition coefficient (Wildman–Crippen LogP) is 7.61. The smallest absolute Gasteiger partial charge is 0.0610 e. The normalized spacial score (nSPS) is 13.3. The molecule has 4 heterocycles. The summed E-state index contributed by atoms with van der Waals surface area (Å²) in [7, 11) is 0. The molecule has 1 radical (unpaired) electrons. The van der Waals surface area contributed by atoms with Crippen LogP contribution in [-0.2, 0) is 31.9 Å². The van der Waals surface area contributed by atoms with Crippen molar-refractivity contribution in [3.63, 3.8) is 0 Å². The monoisotopic (exact) mass is 683 g/mol. The number of rotatable bonds is 2. The van der Waals surface area contributed by atoms with E-state index in [1.807, 2.05) is 42.6 Å². The molecule has 1 aliphatic heterocycles. The van der Waals surface area contributed by atoms with Crippen LogP contribution in [0.4, 0.5) is 0 Å². The number of benzene rings is 4. The summed E-state index contributed by atoms with van der Waals surface area (Å²) in [6.45, 7) is 4.68. The minimum atomic E-state index is 0. The number of pyridine rings is 1. The molecule has 0 aliphatic carbocycles. The van der Waals surface area contributed by atoms with Gasteiger partial charge in [0.05, 0.1) is 5.65 Å². The first-order chi connectivity index (χ1) is 18.6. The van der Waals surface area contributed by atoms with Crippen LogP contribution in [-0.4, -0.2) is 19.2 Å². The van der Waals surface area contributed by atoms with Crippen LogP contribution < -0.4 is 0 Å². The van der Waals surface area contributed by atoms with Crippen LogP contribution in [0.3, 0.4) is 0 Å². The molecular formula is C34H26IrN4-2. The first kappa shape index (κ1) is 25.2. The van der Waals surface area contributed by atoms with Crippen LogP contribution in [0.1, 0.15) is 25.1 Å². The molecule has 7 aromatic rings. The van der Waals surface area contributed by atoms with E-state index >= 15 is 0 Å². The fourth-order valence-corrected chi connectivity index (χ4v) is 5.75. The second-order valence-corrected chi connectivity index (χ2v) is 10.4. The molecule has 4 aromatic carbocycles. The average Bonchev–Trinajstić information content (AvgIpc) is 3.65. The van der Waals surface area contributed by atoms with Crippen molar-refractivity contribution in [1.82, 2.24) is 19.2 Å². The van der Waals surface area contributed by atoms with Gasteiger partial charge in [-0.05, 0) is 45.7 Å². The van der Waals surface area contributed by atoms with Gasteiger partial charge in [0.25, 0.3) is 0 Å². The van der Waals surface area contributed by atoms with Crippen molar-refractivity contribution >= 4 is 27.3 Å². The Morgan fingerprint density at radius 1 is 0.846 bits per heavy atom. The molecule has 4 nitrogen and oxygen atoms in total. The van der Waals surface area contributed by atoms with E-state index in [9.17, 15) is 0 Å². The third-order valence-electron chi connectivity index (χ3n) is 7.47. The average molecular weight is 683 g/mol. The quantitative estimate of drug-likeness (QED) is 0.139. The SMILES string of the molecule is CC1(C)Cc2cnc3c4[c-]cccc4c4c(-c5ccccc5)ccc1c4n23.[Ir].[c-]1ccccc1-n1cccn1. The standard InChI is InChI=1S/C25H19N2.C9H7N2.Ir/c1-25(2)14-17-15-26-24-20-11-7-6-10-19(20)22-18(16-8-4-3-5-9-16)12-13-21(25)23(22)27(17)24;1-2-5-9(6-3-1)11-8-4-7-10-11;/h3-10,12-13,15H,14H2,1-2H3;1-5,7-8H;/q2*-1;. The van der Waals surface area contributed by atoms with E-state index in [2.05, 4.69) is 96.3 Å². The van der Waals surface area contributed by atoms with Gasteiger partial charge >= 0.3 is 0 Å². The van der Waals surface area contributed by atoms with Gasteiger partial charge < -0.3 is 4.40 Å². The molecule has 1 aliphatic rings. The van der Waals surface area contributed by atoms with Gasteiger partial charge in [-0.15, -0.1) is 35.7 Å². The molecule has 39 heavy (non-hydrogen) atoms. The Hall–Kier alpha value is -4.05. The Balaban J connectivity index is 0.000000195. The minimum Gasteiger partial charge on any atom is -0.337 e. The third-order valence-corrected chi connectivity index (χ3v) is 7.47. The first-order valence-corrected chi connectivity index (χ1v) is 12.9. The fraction of sp³-hybridized carbons (Fsp3) is 0.118. The van der Waals surface area contributed by atoms with Gasteiger partial charge in [0, 0.05) is 49.9 Å². The van der Waals surface area contributed by atoms with Crippen LogP contribution in [0.2, 0.25) is 0 Å².